The van der Waals surface area contributed by atoms with Gasteiger partial charge in [0.05, 0.1) is 13.8 Å². The summed E-state index contributed by atoms with van der Waals surface area (Å²) >= 11 is 0. The van der Waals surface area contributed by atoms with Crippen LogP contribution in [0.2, 0.25) is 44.3 Å². The first-order valence-electron chi connectivity index (χ1n) is 5.57. The first kappa shape index (κ1) is 12.8. The van der Waals surface area contributed by atoms with Gasteiger partial charge in [0, 0.05) is 5.04 Å². The summed E-state index contributed by atoms with van der Waals surface area (Å²) in [6.45, 7) is 22.1. The van der Waals surface area contributed by atoms with Crippen LogP contribution < -0.4 is 0 Å². The lowest BCUT2D eigenvalue weighted by molar-refractivity contribution is 0.399. The van der Waals surface area contributed by atoms with Crippen molar-refractivity contribution in [2.45, 2.75) is 50.7 Å². The summed E-state index contributed by atoms with van der Waals surface area (Å²) in [5.41, 5.74) is 1.34. The molecule has 1 atom stereocenters. The van der Waals surface area contributed by atoms with Gasteiger partial charge < -0.3 is 4.43 Å². The normalized spacial score (nSPS) is 26.4. The molecular weight excluding hydrogens is 216 g/mol. The summed E-state index contributed by atoms with van der Waals surface area (Å²) in [4.78, 5) is 0. The Morgan fingerprint density at radius 1 is 1.20 bits per heavy atom. The second-order valence-electron chi connectivity index (χ2n) is 6.57. The molecule has 1 nitrogen and oxygen atoms in total. The lowest BCUT2D eigenvalue weighted by atomic mass is 10.3. The van der Waals surface area contributed by atoms with Gasteiger partial charge in [-0.05, 0) is 26.1 Å². The molecule has 0 amide bonds. The van der Waals surface area contributed by atoms with E-state index in [1.807, 2.05) is 0 Å². The van der Waals surface area contributed by atoms with Crippen molar-refractivity contribution < 1.29 is 4.43 Å². The Hall–Kier alpha value is -0.286. The molecule has 1 aliphatic rings. The van der Waals surface area contributed by atoms with Gasteiger partial charge in [0.1, 0.15) is 0 Å². The van der Waals surface area contributed by atoms with Gasteiger partial charge in [0.25, 0.3) is 0 Å². The van der Waals surface area contributed by atoms with E-state index < -0.39 is 16.4 Å². The molecule has 0 spiro atoms. The van der Waals surface area contributed by atoms with Crippen molar-refractivity contribution in [2.75, 3.05) is 0 Å². The van der Waals surface area contributed by atoms with Gasteiger partial charge in [-0.3, -0.25) is 0 Å². The quantitative estimate of drug-likeness (QED) is 0.402. The molecular formula is C12H24OSi2. The molecule has 1 rings (SSSR count). The number of rotatable bonds is 4. The highest BCUT2D eigenvalue weighted by Crippen LogP contribution is 2.69. The minimum absolute atomic E-state index is 0.174. The van der Waals surface area contributed by atoms with Gasteiger partial charge in [0.15, 0.2) is 0 Å². The maximum absolute atomic E-state index is 6.08. The lowest BCUT2D eigenvalue weighted by Crippen LogP contribution is -2.35. The summed E-state index contributed by atoms with van der Waals surface area (Å²) < 4.78 is 6.08. The molecule has 1 saturated carbocycles. The molecule has 0 aliphatic heterocycles. The molecule has 0 N–H and O–H groups in total. The van der Waals surface area contributed by atoms with Crippen molar-refractivity contribution in [3.05, 3.63) is 24.5 Å². The predicted octanol–water partition coefficient (Wildman–Crippen LogP) is 4.39. The van der Waals surface area contributed by atoms with Gasteiger partial charge >= 0.3 is 0 Å². The molecule has 0 radical (unpaired) electrons. The zero-order chi connectivity index (χ0) is 12.1. The topological polar surface area (TPSA) is 9.23 Å². The van der Waals surface area contributed by atoms with Crippen LogP contribution in [0.5, 0.6) is 0 Å². The third-order valence-electron chi connectivity index (χ3n) is 3.14. The standard InChI is InChI=1S/C12H24OSi2/c1-10-9-12(10,14(3,4)5)11(2)13-15(6,7)8/h1-2,9H2,3-8H3. The van der Waals surface area contributed by atoms with Gasteiger partial charge in [-0.2, -0.15) is 0 Å². The Bertz CT molecular complexity index is 307. The number of hydrogen-bond donors (Lipinski definition) is 0. The zero-order valence-corrected chi connectivity index (χ0v) is 13.0. The average Bonchev–Trinajstić information content (AvgIpc) is 2.56. The largest absolute Gasteiger partial charge is 0.547 e. The molecule has 86 valence electrons. The van der Waals surface area contributed by atoms with Crippen molar-refractivity contribution in [1.82, 2.24) is 0 Å². The summed E-state index contributed by atoms with van der Waals surface area (Å²) in [5, 5.41) is 0.174. The second-order valence-corrected chi connectivity index (χ2v) is 16.4. The van der Waals surface area contributed by atoms with E-state index in [2.05, 4.69) is 52.4 Å². The SMILES string of the molecule is C=C1CC1(C(=C)O[Si](C)(C)C)[Si](C)(C)C. The fourth-order valence-corrected chi connectivity index (χ4v) is 5.95. The van der Waals surface area contributed by atoms with E-state index in [1.165, 1.54) is 5.57 Å². The minimum atomic E-state index is -1.52. The Morgan fingerprint density at radius 3 is 1.80 bits per heavy atom. The monoisotopic (exact) mass is 240 g/mol. The molecule has 0 aromatic heterocycles. The molecule has 1 aliphatic carbocycles. The Labute approximate surface area is 96.4 Å². The molecule has 15 heavy (non-hydrogen) atoms. The zero-order valence-electron chi connectivity index (χ0n) is 11.0. The Kier molecular flexibility index (Phi) is 2.86. The lowest BCUT2D eigenvalue weighted by Gasteiger charge is -2.34. The maximum Gasteiger partial charge on any atom is 0.241 e. The molecule has 0 bridgehead atoms. The van der Waals surface area contributed by atoms with Crippen LogP contribution in [0.1, 0.15) is 6.42 Å². The van der Waals surface area contributed by atoms with E-state index in [0.29, 0.717) is 0 Å². The predicted molar refractivity (Wildman–Crippen MR) is 73.4 cm³/mol. The van der Waals surface area contributed by atoms with Crippen LogP contribution in [0, 0.1) is 0 Å². The molecule has 1 fully saturated rings. The summed E-state index contributed by atoms with van der Waals surface area (Å²) in [7, 11) is -2.82. The molecule has 0 heterocycles. The van der Waals surface area contributed by atoms with E-state index in [9.17, 15) is 0 Å². The maximum atomic E-state index is 6.08. The first-order valence-corrected chi connectivity index (χ1v) is 12.5. The molecule has 3 heteroatoms. The Morgan fingerprint density at radius 2 is 1.60 bits per heavy atom. The highest BCUT2D eigenvalue weighted by atomic mass is 28.4. The van der Waals surface area contributed by atoms with Crippen molar-refractivity contribution >= 4 is 16.4 Å². The first-order chi connectivity index (χ1) is 6.51. The van der Waals surface area contributed by atoms with Crippen LogP contribution in [0.4, 0.5) is 0 Å². The van der Waals surface area contributed by atoms with E-state index in [-0.39, 0.29) is 5.04 Å². The van der Waals surface area contributed by atoms with E-state index >= 15 is 0 Å². The van der Waals surface area contributed by atoms with Crippen LogP contribution in [0.25, 0.3) is 0 Å². The fourth-order valence-electron chi connectivity index (χ4n) is 2.24. The van der Waals surface area contributed by atoms with E-state index in [1.54, 1.807) is 0 Å². The molecule has 0 aromatic rings. The van der Waals surface area contributed by atoms with Gasteiger partial charge in [-0.1, -0.05) is 38.4 Å². The van der Waals surface area contributed by atoms with Gasteiger partial charge in [0.2, 0.25) is 8.32 Å². The highest BCUT2D eigenvalue weighted by Gasteiger charge is 2.60. The molecule has 0 saturated heterocycles. The summed E-state index contributed by atoms with van der Waals surface area (Å²) in [5.74, 6) is 1.01. The summed E-state index contributed by atoms with van der Waals surface area (Å²) in [6, 6.07) is 0. The van der Waals surface area contributed by atoms with Crippen molar-refractivity contribution in [3.8, 4) is 0 Å². The van der Waals surface area contributed by atoms with Crippen LogP contribution >= 0.6 is 0 Å². The fraction of sp³-hybridized carbons (Fsp3) is 0.667. The van der Waals surface area contributed by atoms with Crippen LogP contribution in [0.3, 0.4) is 0 Å². The Balaban J connectivity index is 2.88. The van der Waals surface area contributed by atoms with Gasteiger partial charge in [-0.25, -0.2) is 0 Å². The second kappa shape index (κ2) is 3.35. The third kappa shape index (κ3) is 2.28. The van der Waals surface area contributed by atoms with E-state index in [4.69, 9.17) is 4.43 Å². The van der Waals surface area contributed by atoms with Gasteiger partial charge in [-0.15, -0.1) is 0 Å². The van der Waals surface area contributed by atoms with Crippen LogP contribution in [-0.2, 0) is 4.43 Å². The number of hydrogen-bond acceptors (Lipinski definition) is 1. The van der Waals surface area contributed by atoms with Crippen molar-refractivity contribution in [2.24, 2.45) is 0 Å². The molecule has 0 aromatic carbocycles. The minimum Gasteiger partial charge on any atom is -0.547 e. The van der Waals surface area contributed by atoms with Crippen LogP contribution in [0.15, 0.2) is 24.5 Å². The third-order valence-corrected chi connectivity index (χ3v) is 7.37. The smallest absolute Gasteiger partial charge is 0.241 e. The highest BCUT2D eigenvalue weighted by molar-refractivity contribution is 6.82. The van der Waals surface area contributed by atoms with Crippen molar-refractivity contribution in [3.63, 3.8) is 0 Å². The van der Waals surface area contributed by atoms with Crippen LogP contribution in [-0.4, -0.2) is 16.4 Å². The average molecular weight is 240 g/mol. The summed E-state index contributed by atoms with van der Waals surface area (Å²) in [6.07, 6.45) is 1.10. The van der Waals surface area contributed by atoms with Crippen molar-refractivity contribution in [1.29, 1.82) is 0 Å². The van der Waals surface area contributed by atoms with E-state index in [0.717, 1.165) is 12.2 Å². The number of allylic oxidation sites excluding steroid dienone is 1. The molecule has 1 unspecified atom stereocenters.